The van der Waals surface area contributed by atoms with E-state index in [2.05, 4.69) is 15.0 Å². The smallest absolute Gasteiger partial charge is 0.257 e. The molecule has 1 amide bonds. The van der Waals surface area contributed by atoms with Gasteiger partial charge in [0.25, 0.3) is 5.91 Å². The summed E-state index contributed by atoms with van der Waals surface area (Å²) in [6.07, 6.45) is 4.47. The number of nitrogens with zero attached hydrogens (tertiary/aromatic N) is 5. The zero-order chi connectivity index (χ0) is 20.5. The molecule has 1 aromatic carbocycles. The second-order valence-electron chi connectivity index (χ2n) is 7.37. The summed E-state index contributed by atoms with van der Waals surface area (Å²) >= 11 is 1.63. The molecular weight excluding hydrogens is 402 g/mol. The van der Waals surface area contributed by atoms with Crippen molar-refractivity contribution >= 4 is 22.4 Å². The summed E-state index contributed by atoms with van der Waals surface area (Å²) in [5, 5.41) is 7.57. The van der Waals surface area contributed by atoms with E-state index in [1.807, 2.05) is 41.7 Å². The molecule has 156 valence electrons. The van der Waals surface area contributed by atoms with Crippen LogP contribution in [-0.4, -0.2) is 65.0 Å². The van der Waals surface area contributed by atoms with Crippen LogP contribution in [0.25, 0.3) is 11.3 Å². The van der Waals surface area contributed by atoms with E-state index in [1.165, 1.54) is 0 Å². The van der Waals surface area contributed by atoms with Gasteiger partial charge in [-0.05, 0) is 18.2 Å². The molecule has 30 heavy (non-hydrogen) atoms. The minimum atomic E-state index is 0.00370. The first-order valence-corrected chi connectivity index (χ1v) is 10.9. The Morgan fingerprint density at radius 2 is 1.90 bits per heavy atom. The zero-order valence-electron chi connectivity index (χ0n) is 16.8. The van der Waals surface area contributed by atoms with E-state index in [9.17, 15) is 4.79 Å². The lowest BCUT2D eigenvalue weighted by molar-refractivity contribution is 0.0747. The quantitative estimate of drug-likeness (QED) is 0.643. The van der Waals surface area contributed by atoms with E-state index in [0.717, 1.165) is 36.0 Å². The van der Waals surface area contributed by atoms with Crippen molar-refractivity contribution in [3.63, 3.8) is 0 Å². The van der Waals surface area contributed by atoms with Crippen LogP contribution < -0.4 is 14.4 Å². The van der Waals surface area contributed by atoms with Crippen LogP contribution in [0.5, 0.6) is 11.5 Å². The van der Waals surface area contributed by atoms with Crippen molar-refractivity contribution in [1.82, 2.24) is 19.7 Å². The number of fused-ring (bicyclic) bond motifs is 1. The fourth-order valence-corrected chi connectivity index (χ4v) is 4.51. The third-order valence-electron chi connectivity index (χ3n) is 5.34. The molecule has 0 saturated carbocycles. The Bertz CT molecular complexity index is 1040. The van der Waals surface area contributed by atoms with Gasteiger partial charge in [-0.1, -0.05) is 0 Å². The summed E-state index contributed by atoms with van der Waals surface area (Å²) in [6, 6.07) is 5.75. The maximum atomic E-state index is 13.3. The second kappa shape index (κ2) is 7.98. The van der Waals surface area contributed by atoms with Gasteiger partial charge >= 0.3 is 0 Å². The number of aryl methyl sites for hydroxylation is 1. The molecule has 2 aromatic heterocycles. The van der Waals surface area contributed by atoms with Crippen LogP contribution in [0.15, 0.2) is 36.0 Å². The Balaban J connectivity index is 1.37. The van der Waals surface area contributed by atoms with Crippen LogP contribution in [0, 0.1) is 0 Å². The monoisotopic (exact) mass is 425 g/mol. The number of carbonyl (C=O) groups is 1. The van der Waals surface area contributed by atoms with Crippen LogP contribution in [0.4, 0.5) is 5.13 Å². The molecule has 0 atom stereocenters. The van der Waals surface area contributed by atoms with Gasteiger partial charge < -0.3 is 19.3 Å². The molecule has 9 heteroatoms. The van der Waals surface area contributed by atoms with Gasteiger partial charge in [-0.25, -0.2) is 4.98 Å². The highest BCUT2D eigenvalue weighted by Crippen LogP contribution is 2.35. The molecule has 0 bridgehead atoms. The fraction of sp³-hybridized carbons (Fsp3) is 0.381. The third-order valence-corrected chi connectivity index (χ3v) is 6.17. The number of aromatic nitrogens is 3. The molecule has 3 aromatic rings. The van der Waals surface area contributed by atoms with Gasteiger partial charge in [-0.15, -0.1) is 11.3 Å². The molecule has 0 spiro atoms. The Hall–Kier alpha value is -3.07. The van der Waals surface area contributed by atoms with Crippen molar-refractivity contribution in [3.05, 3.63) is 41.5 Å². The van der Waals surface area contributed by atoms with Crippen molar-refractivity contribution in [3.8, 4) is 22.8 Å². The molecule has 0 unspecified atom stereocenters. The van der Waals surface area contributed by atoms with Gasteiger partial charge in [-0.2, -0.15) is 5.10 Å². The summed E-state index contributed by atoms with van der Waals surface area (Å²) in [7, 11) is 1.84. The lowest BCUT2D eigenvalue weighted by atomic mass is 10.1. The summed E-state index contributed by atoms with van der Waals surface area (Å²) in [6.45, 7) is 4.14. The Kier molecular flexibility index (Phi) is 5.04. The summed E-state index contributed by atoms with van der Waals surface area (Å²) < 4.78 is 13.2. The number of thiazole rings is 1. The van der Waals surface area contributed by atoms with E-state index in [4.69, 9.17) is 9.47 Å². The topological polar surface area (TPSA) is 72.7 Å². The maximum absolute atomic E-state index is 13.3. The van der Waals surface area contributed by atoms with Gasteiger partial charge in [-0.3, -0.25) is 9.48 Å². The van der Waals surface area contributed by atoms with Crippen LogP contribution in [-0.2, 0) is 7.05 Å². The van der Waals surface area contributed by atoms with E-state index in [1.54, 1.807) is 22.2 Å². The van der Waals surface area contributed by atoms with Crippen molar-refractivity contribution in [2.24, 2.45) is 7.05 Å². The standard InChI is InChI=1S/C21H23N5O3S/c1-24-14-16(20(27)25-6-8-26(9-7-25)21-22-5-12-30-21)19(23-24)15-3-4-17-18(13-15)29-11-2-10-28-17/h3-5,12-14H,2,6-11H2,1H3. The molecule has 1 fully saturated rings. The number of rotatable bonds is 3. The third kappa shape index (κ3) is 3.60. The predicted octanol–water partition coefficient (Wildman–Crippen LogP) is 2.67. The van der Waals surface area contributed by atoms with Crippen LogP contribution in [0.3, 0.4) is 0 Å². The number of hydrogen-bond donors (Lipinski definition) is 0. The van der Waals surface area contributed by atoms with Crippen LogP contribution in [0.2, 0.25) is 0 Å². The highest BCUT2D eigenvalue weighted by Gasteiger charge is 2.27. The fourth-order valence-electron chi connectivity index (χ4n) is 3.81. The summed E-state index contributed by atoms with van der Waals surface area (Å²) in [5.74, 6) is 1.44. The molecule has 0 N–H and O–H groups in total. The van der Waals surface area contributed by atoms with Gasteiger partial charge in [0.05, 0.1) is 18.8 Å². The van der Waals surface area contributed by atoms with Crippen molar-refractivity contribution < 1.29 is 14.3 Å². The van der Waals surface area contributed by atoms with E-state index in [-0.39, 0.29) is 5.91 Å². The predicted molar refractivity (Wildman–Crippen MR) is 114 cm³/mol. The Morgan fingerprint density at radius 1 is 1.10 bits per heavy atom. The van der Waals surface area contributed by atoms with E-state index >= 15 is 0 Å². The summed E-state index contributed by atoms with van der Waals surface area (Å²) in [4.78, 5) is 21.8. The number of anilines is 1. The molecule has 5 rings (SSSR count). The molecule has 1 saturated heterocycles. The number of ether oxygens (including phenoxy) is 2. The number of hydrogen-bond acceptors (Lipinski definition) is 7. The number of benzene rings is 1. The number of amides is 1. The lowest BCUT2D eigenvalue weighted by Gasteiger charge is -2.34. The number of carbonyl (C=O) groups excluding carboxylic acids is 1. The molecule has 4 heterocycles. The van der Waals surface area contributed by atoms with E-state index in [0.29, 0.717) is 43.3 Å². The van der Waals surface area contributed by atoms with Gasteiger partial charge in [0.1, 0.15) is 5.69 Å². The van der Waals surface area contributed by atoms with Crippen LogP contribution >= 0.6 is 11.3 Å². The minimum Gasteiger partial charge on any atom is -0.490 e. The van der Waals surface area contributed by atoms with Gasteiger partial charge in [0, 0.05) is 63.0 Å². The van der Waals surface area contributed by atoms with Crippen LogP contribution in [0.1, 0.15) is 16.8 Å². The highest BCUT2D eigenvalue weighted by atomic mass is 32.1. The van der Waals surface area contributed by atoms with Crippen molar-refractivity contribution in [2.45, 2.75) is 6.42 Å². The molecule has 0 radical (unpaired) electrons. The lowest BCUT2D eigenvalue weighted by Crippen LogP contribution is -2.48. The molecule has 0 aliphatic carbocycles. The van der Waals surface area contributed by atoms with Gasteiger partial charge in [0.2, 0.25) is 0 Å². The first-order chi connectivity index (χ1) is 14.7. The van der Waals surface area contributed by atoms with Crippen molar-refractivity contribution in [2.75, 3.05) is 44.3 Å². The zero-order valence-corrected chi connectivity index (χ0v) is 17.6. The Labute approximate surface area is 178 Å². The number of piperazine rings is 1. The first kappa shape index (κ1) is 18.9. The SMILES string of the molecule is Cn1cc(C(=O)N2CCN(c3nccs3)CC2)c(-c2ccc3c(c2)OCCCO3)n1. The summed E-state index contributed by atoms with van der Waals surface area (Å²) in [5.41, 5.74) is 2.12. The minimum absolute atomic E-state index is 0.00370. The first-order valence-electron chi connectivity index (χ1n) is 10.1. The molecule has 2 aliphatic rings. The van der Waals surface area contributed by atoms with Gasteiger partial charge in [0.15, 0.2) is 16.6 Å². The molecule has 8 nitrogen and oxygen atoms in total. The molecule has 2 aliphatic heterocycles. The Morgan fingerprint density at radius 3 is 2.67 bits per heavy atom. The normalized spacial score (nSPS) is 16.4. The average molecular weight is 426 g/mol. The molecular formula is C21H23N5O3S. The average Bonchev–Trinajstić information content (AvgIpc) is 3.38. The highest BCUT2D eigenvalue weighted by molar-refractivity contribution is 7.13. The van der Waals surface area contributed by atoms with E-state index < -0.39 is 0 Å². The van der Waals surface area contributed by atoms with Crippen molar-refractivity contribution in [1.29, 1.82) is 0 Å². The second-order valence-corrected chi connectivity index (χ2v) is 8.24. The largest absolute Gasteiger partial charge is 0.490 e. The maximum Gasteiger partial charge on any atom is 0.257 e.